The Bertz CT molecular complexity index is 867. The van der Waals surface area contributed by atoms with Crippen molar-refractivity contribution in [3.8, 4) is 0 Å². The van der Waals surface area contributed by atoms with Crippen LogP contribution in [0.3, 0.4) is 0 Å². The van der Waals surface area contributed by atoms with E-state index in [9.17, 15) is 18.0 Å². The summed E-state index contributed by atoms with van der Waals surface area (Å²) in [7, 11) is -3.80. The van der Waals surface area contributed by atoms with Crippen LogP contribution in [-0.4, -0.2) is 26.5 Å². The molecule has 0 bridgehead atoms. The minimum atomic E-state index is -3.80. The van der Waals surface area contributed by atoms with Gasteiger partial charge in [0.25, 0.3) is 0 Å². The van der Waals surface area contributed by atoms with E-state index < -0.39 is 28.1 Å². The highest BCUT2D eigenvalue weighted by atomic mass is 32.2. The van der Waals surface area contributed by atoms with Gasteiger partial charge in [0.2, 0.25) is 15.9 Å². The Morgan fingerprint density at radius 3 is 2.27 bits per heavy atom. The lowest BCUT2D eigenvalue weighted by Gasteiger charge is -2.14. The molecule has 0 aliphatic carbocycles. The molecule has 0 aromatic heterocycles. The van der Waals surface area contributed by atoms with Crippen LogP contribution in [0.1, 0.15) is 12.5 Å². The number of hydrogen-bond donors (Lipinski definition) is 3. The summed E-state index contributed by atoms with van der Waals surface area (Å²) in [6, 6.07) is 13.6. The summed E-state index contributed by atoms with van der Waals surface area (Å²) < 4.78 is 27.4. The van der Waals surface area contributed by atoms with Crippen molar-refractivity contribution in [2.24, 2.45) is 5.14 Å². The van der Waals surface area contributed by atoms with Crippen LogP contribution in [0.4, 0.5) is 10.5 Å². The van der Waals surface area contributed by atoms with Crippen molar-refractivity contribution < 1.29 is 22.7 Å². The number of alkyl carbamates (subject to hydrolysis) is 1. The lowest BCUT2D eigenvalue weighted by molar-refractivity contribution is -0.117. The smallest absolute Gasteiger partial charge is 0.408 e. The van der Waals surface area contributed by atoms with Crippen LogP contribution in [0.25, 0.3) is 0 Å². The lowest BCUT2D eigenvalue weighted by Crippen LogP contribution is -2.41. The number of sulfonamides is 1. The number of anilines is 1. The fourth-order valence-electron chi connectivity index (χ4n) is 1.99. The summed E-state index contributed by atoms with van der Waals surface area (Å²) in [5, 5.41) is 9.98. The predicted octanol–water partition coefficient (Wildman–Crippen LogP) is 1.59. The number of hydrogen-bond acceptors (Lipinski definition) is 5. The van der Waals surface area contributed by atoms with Gasteiger partial charge in [-0.15, -0.1) is 0 Å². The van der Waals surface area contributed by atoms with E-state index in [1.54, 1.807) is 0 Å². The summed E-state index contributed by atoms with van der Waals surface area (Å²) in [4.78, 5) is 23.8. The summed E-state index contributed by atoms with van der Waals surface area (Å²) >= 11 is 0. The van der Waals surface area contributed by atoms with E-state index in [0.29, 0.717) is 5.69 Å². The highest BCUT2D eigenvalue weighted by molar-refractivity contribution is 7.89. The molecule has 2 aromatic rings. The molecule has 0 radical (unpaired) electrons. The zero-order valence-electron chi connectivity index (χ0n) is 14.0. The number of nitrogens with one attached hydrogen (secondary N) is 2. The van der Waals surface area contributed by atoms with Crippen molar-refractivity contribution in [1.29, 1.82) is 0 Å². The van der Waals surface area contributed by atoms with Gasteiger partial charge in [-0.25, -0.2) is 18.4 Å². The molecule has 2 amide bonds. The first-order valence-corrected chi connectivity index (χ1v) is 9.21. The molecule has 0 spiro atoms. The molecule has 0 saturated heterocycles. The number of nitrogens with two attached hydrogens (primary N) is 1. The van der Waals surface area contributed by atoms with E-state index in [0.717, 1.165) is 5.56 Å². The molecule has 0 heterocycles. The Hall–Kier alpha value is -2.91. The third-order valence-electron chi connectivity index (χ3n) is 3.39. The zero-order chi connectivity index (χ0) is 19.2. The summed E-state index contributed by atoms with van der Waals surface area (Å²) in [5.74, 6) is -0.481. The normalized spacial score (nSPS) is 12.1. The van der Waals surface area contributed by atoms with E-state index in [2.05, 4.69) is 10.6 Å². The highest BCUT2D eigenvalue weighted by Crippen LogP contribution is 2.13. The standard InChI is InChI=1S/C17H19N3O5S/c1-12(19-17(22)25-11-13-5-3-2-4-6-13)16(21)20-14-7-9-15(10-8-14)26(18,23)24/h2-10,12H,11H2,1H3,(H,19,22)(H,20,21)(H2,18,23,24)/t12-/m1/s1. The third-order valence-corrected chi connectivity index (χ3v) is 4.32. The maximum absolute atomic E-state index is 12.1. The van der Waals surface area contributed by atoms with E-state index in [1.807, 2.05) is 30.3 Å². The molecule has 0 unspecified atom stereocenters. The molecule has 1 atom stereocenters. The number of carbonyl (C=O) groups excluding carboxylic acids is 2. The Morgan fingerprint density at radius 2 is 1.69 bits per heavy atom. The minimum Gasteiger partial charge on any atom is -0.445 e. The second kappa shape index (κ2) is 8.45. The SMILES string of the molecule is C[C@@H](NC(=O)OCc1ccccc1)C(=O)Nc1ccc(S(N)(=O)=O)cc1. The second-order valence-electron chi connectivity index (χ2n) is 5.49. The van der Waals surface area contributed by atoms with Crippen molar-refractivity contribution in [1.82, 2.24) is 5.32 Å². The Morgan fingerprint density at radius 1 is 1.08 bits per heavy atom. The number of carbonyl (C=O) groups is 2. The highest BCUT2D eigenvalue weighted by Gasteiger charge is 2.17. The van der Waals surface area contributed by atoms with Crippen LogP contribution in [0, 0.1) is 0 Å². The Labute approximate surface area is 151 Å². The number of benzene rings is 2. The van der Waals surface area contributed by atoms with Crippen molar-refractivity contribution in [3.63, 3.8) is 0 Å². The van der Waals surface area contributed by atoms with Crippen molar-refractivity contribution in [2.75, 3.05) is 5.32 Å². The number of rotatable bonds is 6. The van der Waals surface area contributed by atoms with Crippen LogP contribution in [-0.2, 0) is 26.2 Å². The molecular weight excluding hydrogens is 358 g/mol. The zero-order valence-corrected chi connectivity index (χ0v) is 14.8. The topological polar surface area (TPSA) is 128 Å². The molecule has 0 saturated carbocycles. The van der Waals surface area contributed by atoms with E-state index in [-0.39, 0.29) is 11.5 Å². The molecule has 2 aromatic carbocycles. The van der Waals surface area contributed by atoms with Crippen LogP contribution in [0.15, 0.2) is 59.5 Å². The van der Waals surface area contributed by atoms with Gasteiger partial charge in [-0.2, -0.15) is 0 Å². The van der Waals surface area contributed by atoms with Crippen LogP contribution >= 0.6 is 0 Å². The van der Waals surface area contributed by atoms with Gasteiger partial charge in [0.15, 0.2) is 0 Å². The quantitative estimate of drug-likeness (QED) is 0.704. The summed E-state index contributed by atoms with van der Waals surface area (Å²) in [6.45, 7) is 1.59. The summed E-state index contributed by atoms with van der Waals surface area (Å²) in [5.41, 5.74) is 1.20. The third kappa shape index (κ3) is 5.87. The molecule has 0 aliphatic rings. The average molecular weight is 377 g/mol. The molecule has 138 valence electrons. The van der Waals surface area contributed by atoms with Gasteiger partial charge < -0.3 is 15.4 Å². The maximum atomic E-state index is 12.1. The lowest BCUT2D eigenvalue weighted by atomic mass is 10.2. The first-order chi connectivity index (χ1) is 12.3. The number of amides is 2. The van der Waals surface area contributed by atoms with E-state index >= 15 is 0 Å². The van der Waals surface area contributed by atoms with Gasteiger partial charge >= 0.3 is 6.09 Å². The Kier molecular flexibility index (Phi) is 6.31. The molecule has 0 fully saturated rings. The van der Waals surface area contributed by atoms with Crippen LogP contribution < -0.4 is 15.8 Å². The minimum absolute atomic E-state index is 0.0637. The molecule has 8 nitrogen and oxygen atoms in total. The number of ether oxygens (including phenoxy) is 1. The van der Waals surface area contributed by atoms with Gasteiger partial charge in [-0.05, 0) is 36.8 Å². The molecular formula is C17H19N3O5S. The molecule has 26 heavy (non-hydrogen) atoms. The second-order valence-corrected chi connectivity index (χ2v) is 7.05. The van der Waals surface area contributed by atoms with Gasteiger partial charge in [0.05, 0.1) is 4.90 Å². The fourth-order valence-corrected chi connectivity index (χ4v) is 2.50. The van der Waals surface area contributed by atoms with Gasteiger partial charge in [0.1, 0.15) is 12.6 Å². The Balaban J connectivity index is 1.84. The molecule has 0 aliphatic heterocycles. The van der Waals surface area contributed by atoms with Crippen molar-refractivity contribution in [2.45, 2.75) is 24.5 Å². The van der Waals surface area contributed by atoms with Crippen molar-refractivity contribution in [3.05, 3.63) is 60.2 Å². The molecule has 2 rings (SSSR count). The first-order valence-electron chi connectivity index (χ1n) is 7.66. The van der Waals surface area contributed by atoms with E-state index in [4.69, 9.17) is 9.88 Å². The largest absolute Gasteiger partial charge is 0.445 e. The van der Waals surface area contributed by atoms with Gasteiger partial charge in [-0.1, -0.05) is 30.3 Å². The van der Waals surface area contributed by atoms with Crippen LogP contribution in [0.5, 0.6) is 0 Å². The molecule has 4 N–H and O–H groups in total. The fraction of sp³-hybridized carbons (Fsp3) is 0.176. The van der Waals surface area contributed by atoms with Crippen molar-refractivity contribution >= 4 is 27.7 Å². The summed E-state index contributed by atoms with van der Waals surface area (Å²) in [6.07, 6.45) is -0.721. The monoisotopic (exact) mass is 377 g/mol. The predicted molar refractivity (Wildman–Crippen MR) is 95.7 cm³/mol. The van der Waals surface area contributed by atoms with Crippen LogP contribution in [0.2, 0.25) is 0 Å². The van der Waals surface area contributed by atoms with Gasteiger partial charge in [-0.3, -0.25) is 4.79 Å². The first kappa shape index (κ1) is 19.4. The molecule has 9 heteroatoms. The average Bonchev–Trinajstić information content (AvgIpc) is 2.60. The number of primary sulfonamides is 1. The van der Waals surface area contributed by atoms with E-state index in [1.165, 1.54) is 31.2 Å². The maximum Gasteiger partial charge on any atom is 0.408 e. The van der Waals surface area contributed by atoms with Gasteiger partial charge in [0, 0.05) is 5.69 Å².